The molecule has 0 fully saturated rings. The first kappa shape index (κ1) is 45.1. The Morgan fingerprint density at radius 2 is 0.959 bits per heavy atom. The van der Waals surface area contributed by atoms with Gasteiger partial charge < -0.3 is 9.71 Å². The van der Waals surface area contributed by atoms with Crippen LogP contribution in [0.15, 0.2) is 152 Å². The largest absolute Gasteiger partial charge is 0.376 e. The molecular formula is C70H69BN2. The van der Waals surface area contributed by atoms with Gasteiger partial charge in [-0.1, -0.05) is 197 Å². The van der Waals surface area contributed by atoms with Crippen LogP contribution in [0.2, 0.25) is 0 Å². The van der Waals surface area contributed by atoms with Crippen LogP contribution in [0.5, 0.6) is 0 Å². The van der Waals surface area contributed by atoms with Gasteiger partial charge in [-0.25, -0.2) is 0 Å². The Morgan fingerprint density at radius 3 is 1.60 bits per heavy atom. The SMILES string of the molecule is Cc1cc2c3c(c1)N(c1cc4c(cc1C)C(C)(C)CCC4(C)C)c1c(ccc4c1C(C)(C)c1cc5c(cc1-4)C(C)(C)CCC5(C)C)B3N1c3ccccc3C(c3ccccc3)(c3ccccc3)c3cccc-2c31. The first-order chi connectivity index (χ1) is 34.8. The van der Waals surface area contributed by atoms with Gasteiger partial charge in [0, 0.05) is 39.4 Å². The lowest BCUT2D eigenvalue weighted by atomic mass is 9.41. The molecule has 8 aromatic carbocycles. The summed E-state index contributed by atoms with van der Waals surface area (Å²) in [5.74, 6) is 0. The predicted molar refractivity (Wildman–Crippen MR) is 310 cm³/mol. The molecule has 0 amide bonds. The van der Waals surface area contributed by atoms with Crippen molar-refractivity contribution in [3.63, 3.8) is 0 Å². The number of hydrogen-bond donors (Lipinski definition) is 0. The lowest BCUT2D eigenvalue weighted by molar-refractivity contribution is 0.331. The predicted octanol–water partition coefficient (Wildman–Crippen LogP) is 16.7. The Labute approximate surface area is 435 Å². The summed E-state index contributed by atoms with van der Waals surface area (Å²) in [6.45, 7) is 29.6. The van der Waals surface area contributed by atoms with Crippen molar-refractivity contribution in [2.24, 2.45) is 0 Å². The van der Waals surface area contributed by atoms with E-state index in [-0.39, 0.29) is 33.9 Å². The topological polar surface area (TPSA) is 6.48 Å². The monoisotopic (exact) mass is 949 g/mol. The molecule has 3 heteroatoms. The first-order valence-electron chi connectivity index (χ1n) is 27.4. The van der Waals surface area contributed by atoms with Gasteiger partial charge in [0.15, 0.2) is 0 Å². The third kappa shape index (κ3) is 5.78. The molecule has 3 aliphatic heterocycles. The zero-order valence-electron chi connectivity index (χ0n) is 45.2. The van der Waals surface area contributed by atoms with Gasteiger partial charge in [-0.2, -0.15) is 0 Å². The highest BCUT2D eigenvalue weighted by molar-refractivity contribution is 6.94. The minimum atomic E-state index is -0.558. The van der Waals surface area contributed by atoms with E-state index >= 15 is 0 Å². The second-order valence-electron chi connectivity index (χ2n) is 26.3. The van der Waals surface area contributed by atoms with E-state index in [2.05, 4.69) is 244 Å². The lowest BCUT2D eigenvalue weighted by Crippen LogP contribution is -2.63. The van der Waals surface area contributed by atoms with E-state index in [9.17, 15) is 0 Å². The van der Waals surface area contributed by atoms with Gasteiger partial charge in [-0.3, -0.25) is 0 Å². The Hall–Kier alpha value is -6.58. The molecule has 14 rings (SSSR count). The van der Waals surface area contributed by atoms with Crippen molar-refractivity contribution in [3.05, 3.63) is 218 Å². The van der Waals surface area contributed by atoms with E-state index in [0.29, 0.717) is 0 Å². The molecule has 0 radical (unpaired) electrons. The quantitative estimate of drug-likeness (QED) is 0.163. The highest BCUT2D eigenvalue weighted by Gasteiger charge is 2.55. The van der Waals surface area contributed by atoms with Crippen molar-refractivity contribution in [3.8, 4) is 22.3 Å². The highest BCUT2D eigenvalue weighted by atomic mass is 15.2. The number of nitrogens with zero attached hydrogens (tertiary/aromatic N) is 2. The normalized spacial score (nSPS) is 19.6. The number of para-hydroxylation sites is 2. The maximum atomic E-state index is 2.80. The summed E-state index contributed by atoms with van der Waals surface area (Å²) in [6.07, 6.45) is 4.76. The average molecular weight is 949 g/mol. The van der Waals surface area contributed by atoms with Crippen molar-refractivity contribution in [1.82, 2.24) is 0 Å². The van der Waals surface area contributed by atoms with E-state index < -0.39 is 5.41 Å². The number of aryl methyl sites for hydroxylation is 2. The maximum absolute atomic E-state index is 2.80. The van der Waals surface area contributed by atoms with Gasteiger partial charge in [0.05, 0.1) is 5.41 Å². The Kier molecular flexibility index (Phi) is 9.01. The van der Waals surface area contributed by atoms with Gasteiger partial charge in [-0.05, 0) is 180 Å². The summed E-state index contributed by atoms with van der Waals surface area (Å²) in [5, 5.41) is 0. The molecule has 0 aromatic heterocycles. The van der Waals surface area contributed by atoms with Crippen LogP contribution in [0.3, 0.4) is 0 Å². The van der Waals surface area contributed by atoms with E-state index in [1.165, 1.54) is 154 Å². The van der Waals surface area contributed by atoms with Crippen molar-refractivity contribution >= 4 is 46.2 Å². The van der Waals surface area contributed by atoms with Crippen LogP contribution in [0.25, 0.3) is 22.3 Å². The lowest BCUT2D eigenvalue weighted by Gasteiger charge is -2.53. The second kappa shape index (κ2) is 14.6. The maximum Gasteiger partial charge on any atom is 0.333 e. The summed E-state index contributed by atoms with van der Waals surface area (Å²) in [5.41, 5.74) is 31.1. The van der Waals surface area contributed by atoms with Crippen molar-refractivity contribution in [1.29, 1.82) is 0 Å². The number of benzene rings is 8. The van der Waals surface area contributed by atoms with Crippen LogP contribution in [0.1, 0.15) is 162 Å². The van der Waals surface area contributed by atoms with E-state index in [1.54, 1.807) is 0 Å². The van der Waals surface area contributed by atoms with Crippen LogP contribution in [-0.4, -0.2) is 6.85 Å². The summed E-state index contributed by atoms with van der Waals surface area (Å²) in [6, 6.07) is 60.1. The Bertz CT molecular complexity index is 3660. The molecule has 0 N–H and O–H groups in total. The van der Waals surface area contributed by atoms with Crippen LogP contribution in [-0.2, 0) is 32.5 Å². The fraction of sp³-hybridized carbons (Fsp3) is 0.314. The smallest absolute Gasteiger partial charge is 0.333 e. The number of hydrogen-bond acceptors (Lipinski definition) is 2. The van der Waals surface area contributed by atoms with E-state index in [0.717, 1.165) is 0 Å². The number of fused-ring (bicyclic) bond motifs is 12. The number of rotatable bonds is 3. The average Bonchev–Trinajstić information content (AvgIpc) is 3.61. The second-order valence-corrected chi connectivity index (χ2v) is 26.3. The molecule has 8 aromatic rings. The molecule has 0 saturated heterocycles. The van der Waals surface area contributed by atoms with Gasteiger partial charge in [0.1, 0.15) is 0 Å². The third-order valence-electron chi connectivity index (χ3n) is 19.7. The van der Waals surface area contributed by atoms with Gasteiger partial charge in [0.2, 0.25) is 0 Å². The summed E-state index contributed by atoms with van der Waals surface area (Å²) >= 11 is 0. The highest BCUT2D eigenvalue weighted by Crippen LogP contribution is 2.63. The van der Waals surface area contributed by atoms with Gasteiger partial charge in [0.25, 0.3) is 0 Å². The minimum Gasteiger partial charge on any atom is -0.376 e. The Balaban J connectivity index is 1.13. The summed E-state index contributed by atoms with van der Waals surface area (Å²) in [7, 11) is 0. The molecule has 3 heterocycles. The molecule has 0 saturated carbocycles. The van der Waals surface area contributed by atoms with Crippen LogP contribution in [0, 0.1) is 13.8 Å². The fourth-order valence-electron chi connectivity index (χ4n) is 15.7. The Morgan fingerprint density at radius 1 is 0.397 bits per heavy atom. The fourth-order valence-corrected chi connectivity index (χ4v) is 15.7. The van der Waals surface area contributed by atoms with Gasteiger partial charge in [-0.15, -0.1) is 0 Å². The van der Waals surface area contributed by atoms with Gasteiger partial charge >= 0.3 is 6.85 Å². The van der Waals surface area contributed by atoms with Crippen molar-refractivity contribution in [2.75, 3.05) is 9.71 Å². The molecular weight excluding hydrogens is 880 g/mol. The third-order valence-corrected chi connectivity index (χ3v) is 19.7. The van der Waals surface area contributed by atoms with Crippen molar-refractivity contribution in [2.45, 2.75) is 141 Å². The molecule has 0 atom stereocenters. The minimum absolute atomic E-state index is 0.0458. The molecule has 73 heavy (non-hydrogen) atoms. The molecule has 3 aliphatic carbocycles. The van der Waals surface area contributed by atoms with Crippen LogP contribution >= 0.6 is 0 Å². The number of anilines is 5. The molecule has 0 unspecified atom stereocenters. The molecule has 0 bridgehead atoms. The van der Waals surface area contributed by atoms with Crippen LogP contribution < -0.4 is 20.6 Å². The zero-order valence-corrected chi connectivity index (χ0v) is 45.2. The first-order valence-corrected chi connectivity index (χ1v) is 27.4. The molecule has 362 valence electrons. The molecule has 2 nitrogen and oxygen atoms in total. The summed E-state index contributed by atoms with van der Waals surface area (Å²) in [4.78, 5) is 5.60. The van der Waals surface area contributed by atoms with Crippen molar-refractivity contribution < 1.29 is 0 Å². The summed E-state index contributed by atoms with van der Waals surface area (Å²) < 4.78 is 0. The molecule has 0 spiro atoms. The van der Waals surface area contributed by atoms with E-state index in [4.69, 9.17) is 0 Å². The standard InChI is InChI=1S/C70H69BN2/c1-42-36-49-47-26-21-28-51-63(47)73(58-29-20-19-27-50(58)70(51,44-22-15-13-16-23-44)45-24-17-14-18-25-45)71-57-31-30-46-48-39-54-55(67(7,8)34-33-66(54,5)6)40-52(48)69(11,12)61(46)64(57)72(60(37-42)62(49)71)59-41-56-53(38-43(59)2)65(3,4)32-35-68(56,9)10/h13-31,36-41H,32-35H2,1-12H3. The van der Waals surface area contributed by atoms with Crippen LogP contribution in [0.4, 0.5) is 28.4 Å². The van der Waals surface area contributed by atoms with E-state index in [1.807, 2.05) is 0 Å². The molecule has 6 aliphatic rings. The zero-order chi connectivity index (χ0) is 50.5.